The molecule has 0 N–H and O–H groups in total. The average molecular weight is 769 g/mol. The van der Waals surface area contributed by atoms with Gasteiger partial charge in [0.1, 0.15) is 0 Å². The number of rotatable bonds is 3. The van der Waals surface area contributed by atoms with E-state index in [0.717, 1.165) is 0 Å². The number of thiophene rings is 2. The molecule has 58 heavy (non-hydrogen) atoms. The van der Waals surface area contributed by atoms with Gasteiger partial charge in [-0.15, -0.1) is 22.7 Å². The molecule has 2 heterocycles. The van der Waals surface area contributed by atoms with Gasteiger partial charge in [-0.1, -0.05) is 152 Å². The summed E-state index contributed by atoms with van der Waals surface area (Å²) in [5.74, 6) is 0. The largest absolute Gasteiger partial charge is 0.135 e. The Bertz CT molecular complexity index is 3800. The molecule has 0 amide bonds. The van der Waals surface area contributed by atoms with Gasteiger partial charge in [-0.3, -0.25) is 0 Å². The van der Waals surface area contributed by atoms with E-state index in [4.69, 9.17) is 0 Å². The molecule has 0 fully saturated rings. The molecule has 13 aromatic rings. The average Bonchev–Trinajstić information content (AvgIpc) is 3.84. The molecule has 13 rings (SSSR count). The van der Waals surface area contributed by atoms with Crippen LogP contribution in [0.2, 0.25) is 0 Å². The molecule has 2 aromatic heterocycles. The Hall–Kier alpha value is -6.84. The zero-order valence-corrected chi connectivity index (χ0v) is 32.9. The predicted molar refractivity (Wildman–Crippen MR) is 256 cm³/mol. The zero-order valence-electron chi connectivity index (χ0n) is 31.3. The Morgan fingerprint density at radius 2 is 0.741 bits per heavy atom. The van der Waals surface area contributed by atoms with Crippen molar-refractivity contribution >= 4 is 117 Å². The Morgan fingerprint density at radius 3 is 1.50 bits per heavy atom. The van der Waals surface area contributed by atoms with Crippen molar-refractivity contribution in [2.75, 3.05) is 0 Å². The van der Waals surface area contributed by atoms with Crippen molar-refractivity contribution in [3.05, 3.63) is 194 Å². The summed E-state index contributed by atoms with van der Waals surface area (Å²) < 4.78 is 5.41. The van der Waals surface area contributed by atoms with Crippen LogP contribution in [0, 0.1) is 0 Å². The second-order valence-electron chi connectivity index (χ2n) is 15.6. The highest BCUT2D eigenvalue weighted by Gasteiger charge is 2.19. The molecule has 268 valence electrons. The third-order valence-electron chi connectivity index (χ3n) is 12.4. The summed E-state index contributed by atoms with van der Waals surface area (Å²) >= 11 is 3.81. The maximum atomic E-state index is 2.46. The van der Waals surface area contributed by atoms with E-state index < -0.39 is 0 Å². The Labute approximate surface area is 342 Å². The molecule has 0 radical (unpaired) electrons. The summed E-state index contributed by atoms with van der Waals surface area (Å²) in [6.07, 6.45) is 0. The minimum absolute atomic E-state index is 1.24. The van der Waals surface area contributed by atoms with Crippen molar-refractivity contribution in [3.8, 4) is 33.4 Å². The van der Waals surface area contributed by atoms with E-state index in [2.05, 4.69) is 194 Å². The third-order valence-corrected chi connectivity index (χ3v) is 14.7. The highest BCUT2D eigenvalue weighted by atomic mass is 32.1. The van der Waals surface area contributed by atoms with Crippen LogP contribution in [0.3, 0.4) is 0 Å². The monoisotopic (exact) mass is 768 g/mol. The van der Waals surface area contributed by atoms with E-state index >= 15 is 0 Å². The summed E-state index contributed by atoms with van der Waals surface area (Å²) in [5, 5.41) is 18.2. The highest BCUT2D eigenvalue weighted by Crippen LogP contribution is 2.47. The van der Waals surface area contributed by atoms with Crippen molar-refractivity contribution in [1.82, 2.24) is 0 Å². The van der Waals surface area contributed by atoms with Gasteiger partial charge in [0.05, 0.1) is 0 Å². The molecule has 0 aliphatic carbocycles. The molecule has 0 nitrogen and oxygen atoms in total. The second kappa shape index (κ2) is 12.3. The summed E-state index contributed by atoms with van der Waals surface area (Å²) in [4.78, 5) is 0. The van der Waals surface area contributed by atoms with E-state index in [9.17, 15) is 0 Å². The normalized spacial score (nSPS) is 12.1. The van der Waals surface area contributed by atoms with E-state index in [1.165, 1.54) is 128 Å². The van der Waals surface area contributed by atoms with Crippen molar-refractivity contribution < 1.29 is 0 Å². The van der Waals surface area contributed by atoms with Crippen LogP contribution in [0.1, 0.15) is 0 Å². The van der Waals surface area contributed by atoms with E-state index in [1.807, 2.05) is 22.7 Å². The first-order chi connectivity index (χ1) is 28.7. The lowest BCUT2D eigenvalue weighted by Crippen LogP contribution is -1.91. The van der Waals surface area contributed by atoms with Gasteiger partial charge in [-0.05, 0) is 130 Å². The lowest BCUT2D eigenvalue weighted by Gasteiger charge is -2.19. The molecular formula is C56H32S2. The number of hydrogen-bond donors (Lipinski definition) is 0. The van der Waals surface area contributed by atoms with Gasteiger partial charge < -0.3 is 0 Å². The Kier molecular flexibility index (Phi) is 6.86. The van der Waals surface area contributed by atoms with Crippen LogP contribution in [0.25, 0.3) is 128 Å². The van der Waals surface area contributed by atoms with Gasteiger partial charge in [0, 0.05) is 40.3 Å². The number of fused-ring (bicyclic) bond motifs is 12. The van der Waals surface area contributed by atoms with E-state index in [0.29, 0.717) is 0 Å². The lowest BCUT2D eigenvalue weighted by atomic mass is 9.84. The molecule has 0 saturated heterocycles. The molecular weight excluding hydrogens is 737 g/mol. The summed E-state index contributed by atoms with van der Waals surface area (Å²) in [6, 6.07) is 72.7. The molecule has 0 atom stereocenters. The molecule has 0 unspecified atom stereocenters. The van der Waals surface area contributed by atoms with Gasteiger partial charge in [0.15, 0.2) is 0 Å². The Balaban J connectivity index is 0.946. The topological polar surface area (TPSA) is 0 Å². The zero-order chi connectivity index (χ0) is 37.9. The minimum atomic E-state index is 1.24. The predicted octanol–water partition coefficient (Wildman–Crippen LogP) is 17.2. The first kappa shape index (κ1) is 32.3. The van der Waals surface area contributed by atoms with E-state index in [-0.39, 0.29) is 0 Å². The van der Waals surface area contributed by atoms with Crippen LogP contribution in [0.5, 0.6) is 0 Å². The number of benzene rings is 11. The highest BCUT2D eigenvalue weighted by molar-refractivity contribution is 7.28. The van der Waals surface area contributed by atoms with Crippen LogP contribution in [0.4, 0.5) is 0 Å². The smallest absolute Gasteiger partial charge is 0.0370 e. The van der Waals surface area contributed by atoms with Crippen LogP contribution in [-0.4, -0.2) is 0 Å². The Morgan fingerprint density at radius 1 is 0.241 bits per heavy atom. The van der Waals surface area contributed by atoms with Crippen molar-refractivity contribution in [3.63, 3.8) is 0 Å². The van der Waals surface area contributed by atoms with Crippen molar-refractivity contribution in [2.45, 2.75) is 0 Å². The minimum Gasteiger partial charge on any atom is -0.135 e. The summed E-state index contributed by atoms with van der Waals surface area (Å²) in [7, 11) is 0. The van der Waals surface area contributed by atoms with Gasteiger partial charge in [-0.25, -0.2) is 0 Å². The molecule has 0 saturated carbocycles. The molecule has 0 bridgehead atoms. The van der Waals surface area contributed by atoms with Gasteiger partial charge in [-0.2, -0.15) is 0 Å². The van der Waals surface area contributed by atoms with Crippen molar-refractivity contribution in [1.29, 1.82) is 0 Å². The van der Waals surface area contributed by atoms with Gasteiger partial charge in [0.2, 0.25) is 0 Å². The fourth-order valence-electron chi connectivity index (χ4n) is 9.75. The summed E-state index contributed by atoms with van der Waals surface area (Å²) in [5.41, 5.74) is 7.59. The maximum absolute atomic E-state index is 2.46. The second-order valence-corrected chi connectivity index (χ2v) is 17.7. The van der Waals surface area contributed by atoms with Gasteiger partial charge >= 0.3 is 0 Å². The summed E-state index contributed by atoms with van der Waals surface area (Å²) in [6.45, 7) is 0. The number of hydrogen-bond acceptors (Lipinski definition) is 2. The SMILES string of the molecule is c1ccc2c(-c3c4ccccc4c(-c4ccc5cc(-c6ccc7sc8cc9sc%10ccc%11ccccc%11c%10c9cc8c7c6)ccc5c4)c4ccccc34)cccc2c1. The maximum Gasteiger partial charge on any atom is 0.0370 e. The first-order valence-corrected chi connectivity index (χ1v) is 21.5. The van der Waals surface area contributed by atoms with Gasteiger partial charge in [0.25, 0.3) is 0 Å². The first-order valence-electron chi connectivity index (χ1n) is 19.9. The van der Waals surface area contributed by atoms with Crippen LogP contribution in [0.15, 0.2) is 194 Å². The van der Waals surface area contributed by atoms with E-state index in [1.54, 1.807) is 0 Å². The standard InChI is InChI=1S/C56H32S2/c1-3-13-40-33(10-1)12-9-19-42(40)55-45-17-7-5-15-43(45)54(44-16-6-8-18-46(44)55)39-23-22-35-28-36(20-21-37(35)29-39)38-25-26-50-47(30-38)48-31-49-53(32-52(48)57-50)58-51-27-24-34-11-2-4-14-41(34)56(49)51/h1-32H. The molecule has 0 aliphatic heterocycles. The molecule has 0 aliphatic rings. The quantitative estimate of drug-likeness (QED) is 0.157. The fraction of sp³-hybridized carbons (Fsp3) is 0. The third kappa shape index (κ3) is 4.74. The fourth-order valence-corrected chi connectivity index (χ4v) is 12.1. The van der Waals surface area contributed by atoms with Crippen molar-refractivity contribution in [2.24, 2.45) is 0 Å². The van der Waals surface area contributed by atoms with Crippen LogP contribution in [-0.2, 0) is 0 Å². The molecule has 11 aromatic carbocycles. The molecule has 2 heteroatoms. The van der Waals surface area contributed by atoms with Crippen LogP contribution >= 0.6 is 22.7 Å². The lowest BCUT2D eigenvalue weighted by molar-refractivity contribution is 1.67. The molecule has 0 spiro atoms. The van der Waals surface area contributed by atoms with Crippen LogP contribution < -0.4 is 0 Å².